The molecule has 1 aliphatic heterocycles. The predicted octanol–water partition coefficient (Wildman–Crippen LogP) is -2.34. The van der Waals surface area contributed by atoms with Gasteiger partial charge in [0.15, 0.2) is 0 Å². The smallest absolute Gasteiger partial charge is 0.303 e. The fourth-order valence-electron chi connectivity index (χ4n) is 1.30. The molecule has 1 saturated heterocycles. The van der Waals surface area contributed by atoms with E-state index in [1.54, 1.807) is 0 Å². The first kappa shape index (κ1) is 14.9. The lowest BCUT2D eigenvalue weighted by Crippen LogP contribution is -2.85. The Hall–Kier alpha value is -1.14. The van der Waals surface area contributed by atoms with E-state index in [9.17, 15) is 14.7 Å². The topological polar surface area (TPSA) is 120 Å². The van der Waals surface area contributed by atoms with Crippen molar-refractivity contribution < 1.29 is 25.1 Å². The molecule has 0 saturated carbocycles. The molecule has 0 amide bonds. The number of rotatable bonds is 4. The molecule has 16 heavy (non-hydrogen) atoms. The number of hydrogen-bond donors (Lipinski definition) is 3. The molecule has 0 bridgehead atoms. The van der Waals surface area contributed by atoms with Gasteiger partial charge in [0.1, 0.15) is 0 Å². The molecule has 0 aliphatic carbocycles. The van der Waals surface area contributed by atoms with Gasteiger partial charge in [-0.15, -0.1) is 0 Å². The highest BCUT2D eigenvalue weighted by Crippen LogP contribution is 1.92. The van der Waals surface area contributed by atoms with Gasteiger partial charge in [-0.25, -0.2) is 0 Å². The lowest BCUT2D eigenvalue weighted by atomic mass is 10.2. The fraction of sp³-hybridized carbons (Fsp3) is 0.800. The molecule has 0 spiro atoms. The average molecular weight is 232 g/mol. The van der Waals surface area contributed by atoms with Gasteiger partial charge < -0.3 is 26.1 Å². The first-order chi connectivity index (χ1) is 7.54. The van der Waals surface area contributed by atoms with Crippen molar-refractivity contribution >= 4 is 11.9 Å². The van der Waals surface area contributed by atoms with Crippen molar-refractivity contribution in [3.8, 4) is 0 Å². The molecule has 0 radical (unpaired) electrons. The third-order valence-corrected chi connectivity index (χ3v) is 2.29. The second-order valence-electron chi connectivity index (χ2n) is 3.78. The molecule has 6 heteroatoms. The van der Waals surface area contributed by atoms with Crippen LogP contribution in [0.1, 0.15) is 32.1 Å². The van der Waals surface area contributed by atoms with Gasteiger partial charge in [0.05, 0.1) is 19.1 Å². The summed E-state index contributed by atoms with van der Waals surface area (Å²) in [5.74, 6) is -2.47. The van der Waals surface area contributed by atoms with Crippen LogP contribution in [0.4, 0.5) is 0 Å². The molecule has 1 fully saturated rings. The SMILES string of the molecule is C1CC[NH2+]CC1.N[C@@H](CCC(=O)O)C(=O)[O-]. The number of piperidine rings is 1. The summed E-state index contributed by atoms with van der Waals surface area (Å²) in [5, 5.41) is 20.4. The maximum atomic E-state index is 9.88. The van der Waals surface area contributed by atoms with Crippen molar-refractivity contribution in [3.05, 3.63) is 0 Å². The zero-order valence-electron chi connectivity index (χ0n) is 9.35. The first-order valence-corrected chi connectivity index (χ1v) is 5.54. The summed E-state index contributed by atoms with van der Waals surface area (Å²) in [6.07, 6.45) is 4.03. The molecule has 6 nitrogen and oxygen atoms in total. The number of carboxylic acids is 2. The number of hydrogen-bond acceptors (Lipinski definition) is 4. The third kappa shape index (κ3) is 9.42. The molecule has 0 aromatic carbocycles. The predicted molar refractivity (Wildman–Crippen MR) is 55.4 cm³/mol. The Bertz CT molecular complexity index is 205. The van der Waals surface area contributed by atoms with E-state index < -0.39 is 18.0 Å². The van der Waals surface area contributed by atoms with Crippen LogP contribution < -0.4 is 16.2 Å². The van der Waals surface area contributed by atoms with Gasteiger partial charge in [-0.05, 0) is 25.7 Å². The van der Waals surface area contributed by atoms with Crippen molar-refractivity contribution in [2.45, 2.75) is 38.1 Å². The highest BCUT2D eigenvalue weighted by molar-refractivity contribution is 5.72. The monoisotopic (exact) mass is 232 g/mol. The minimum absolute atomic E-state index is 0.0856. The van der Waals surface area contributed by atoms with E-state index in [-0.39, 0.29) is 12.8 Å². The Morgan fingerprint density at radius 2 is 1.88 bits per heavy atom. The molecule has 94 valence electrons. The molecule has 1 rings (SSSR count). The van der Waals surface area contributed by atoms with Crippen molar-refractivity contribution in [1.29, 1.82) is 0 Å². The lowest BCUT2D eigenvalue weighted by molar-refractivity contribution is -0.662. The van der Waals surface area contributed by atoms with Crippen molar-refractivity contribution in [3.63, 3.8) is 0 Å². The largest absolute Gasteiger partial charge is 0.548 e. The quantitative estimate of drug-likeness (QED) is 0.502. The molecule has 5 N–H and O–H groups in total. The highest BCUT2D eigenvalue weighted by atomic mass is 16.4. The summed E-state index contributed by atoms with van der Waals surface area (Å²) >= 11 is 0. The molecule has 1 atom stereocenters. The maximum Gasteiger partial charge on any atom is 0.303 e. The van der Waals surface area contributed by atoms with Gasteiger partial charge in [-0.3, -0.25) is 4.79 Å². The molecule has 0 unspecified atom stereocenters. The minimum Gasteiger partial charge on any atom is -0.548 e. The summed E-state index contributed by atoms with van der Waals surface area (Å²) in [4.78, 5) is 19.7. The van der Waals surface area contributed by atoms with E-state index in [4.69, 9.17) is 10.8 Å². The zero-order valence-corrected chi connectivity index (χ0v) is 9.35. The van der Waals surface area contributed by atoms with Crippen LogP contribution in [-0.2, 0) is 9.59 Å². The Kier molecular flexibility index (Phi) is 8.46. The Morgan fingerprint density at radius 1 is 1.31 bits per heavy atom. The van der Waals surface area contributed by atoms with Gasteiger partial charge in [0, 0.05) is 12.5 Å². The molecule has 0 aromatic heterocycles. The Balaban J connectivity index is 0.000000315. The van der Waals surface area contributed by atoms with Crippen molar-refractivity contribution in [2.24, 2.45) is 5.73 Å². The van der Waals surface area contributed by atoms with Crippen LogP contribution in [-0.4, -0.2) is 36.2 Å². The number of carboxylic acid groups (broad SMARTS) is 2. The first-order valence-electron chi connectivity index (χ1n) is 5.54. The molecule has 1 aliphatic rings. The van der Waals surface area contributed by atoms with Gasteiger partial charge in [-0.2, -0.15) is 0 Å². The zero-order chi connectivity index (χ0) is 12.4. The van der Waals surface area contributed by atoms with E-state index in [0.29, 0.717) is 0 Å². The van der Waals surface area contributed by atoms with Gasteiger partial charge in [0.2, 0.25) is 0 Å². The van der Waals surface area contributed by atoms with E-state index in [0.717, 1.165) is 0 Å². The Labute approximate surface area is 94.8 Å². The fourth-order valence-corrected chi connectivity index (χ4v) is 1.30. The van der Waals surface area contributed by atoms with Crippen molar-refractivity contribution in [2.75, 3.05) is 13.1 Å². The summed E-state index contributed by atoms with van der Waals surface area (Å²) in [5.41, 5.74) is 4.94. The van der Waals surface area contributed by atoms with E-state index in [1.165, 1.54) is 32.4 Å². The van der Waals surface area contributed by atoms with Crippen LogP contribution in [0, 0.1) is 0 Å². The van der Waals surface area contributed by atoms with E-state index in [2.05, 4.69) is 5.32 Å². The van der Waals surface area contributed by atoms with Crippen LogP contribution in [0.15, 0.2) is 0 Å². The highest BCUT2D eigenvalue weighted by Gasteiger charge is 2.05. The van der Waals surface area contributed by atoms with Gasteiger partial charge >= 0.3 is 5.97 Å². The second-order valence-corrected chi connectivity index (χ2v) is 3.78. The normalized spacial score (nSPS) is 16.8. The van der Waals surface area contributed by atoms with E-state index >= 15 is 0 Å². The van der Waals surface area contributed by atoms with Crippen LogP contribution >= 0.6 is 0 Å². The molecule has 1 heterocycles. The summed E-state index contributed by atoms with van der Waals surface area (Å²) in [6, 6.07) is -1.17. The van der Waals surface area contributed by atoms with Crippen LogP contribution in [0.25, 0.3) is 0 Å². The maximum absolute atomic E-state index is 9.88. The third-order valence-electron chi connectivity index (χ3n) is 2.29. The number of nitrogens with two attached hydrogens (primary N) is 2. The standard InChI is InChI=1S/C5H9NO4.C5H11N/c6-3(5(9)10)1-2-4(7)8;1-2-4-6-5-3-1/h3H,1-2,6H2,(H,7,8)(H,9,10);6H,1-5H2/t3-;/m0./s1. The van der Waals surface area contributed by atoms with Crippen molar-refractivity contribution in [1.82, 2.24) is 0 Å². The van der Waals surface area contributed by atoms with Crippen LogP contribution in [0.5, 0.6) is 0 Å². The minimum atomic E-state index is -1.42. The molecular formula is C10H20N2O4. The van der Waals surface area contributed by atoms with E-state index in [1.807, 2.05) is 0 Å². The number of quaternary nitrogens is 1. The van der Waals surface area contributed by atoms with Crippen LogP contribution in [0.3, 0.4) is 0 Å². The molecule has 0 aromatic rings. The average Bonchev–Trinajstić information content (AvgIpc) is 2.28. The number of carbonyl (C=O) groups excluding carboxylic acids is 1. The Morgan fingerprint density at radius 3 is 2.12 bits per heavy atom. The molecular weight excluding hydrogens is 212 g/mol. The summed E-state index contributed by atoms with van der Waals surface area (Å²) in [7, 11) is 0. The second kappa shape index (κ2) is 9.11. The lowest BCUT2D eigenvalue weighted by Gasteiger charge is -2.09. The summed E-state index contributed by atoms with van der Waals surface area (Å²) in [6.45, 7) is 2.75. The number of carbonyl (C=O) groups is 2. The number of aliphatic carboxylic acids is 2. The van der Waals surface area contributed by atoms with Gasteiger partial charge in [0.25, 0.3) is 0 Å². The van der Waals surface area contributed by atoms with Crippen LogP contribution in [0.2, 0.25) is 0 Å². The van der Waals surface area contributed by atoms with Gasteiger partial charge in [-0.1, -0.05) is 0 Å². The summed E-state index contributed by atoms with van der Waals surface area (Å²) < 4.78 is 0.